The molecule has 1 aliphatic rings. The fourth-order valence-corrected chi connectivity index (χ4v) is 2.81. The van der Waals surface area contributed by atoms with E-state index in [2.05, 4.69) is 24.4 Å². The molecule has 130 valence electrons. The summed E-state index contributed by atoms with van der Waals surface area (Å²) >= 11 is 0. The lowest BCUT2D eigenvalue weighted by molar-refractivity contribution is 0.0669. The van der Waals surface area contributed by atoms with Crippen molar-refractivity contribution in [2.45, 2.75) is 58.1 Å². The van der Waals surface area contributed by atoms with Crippen LogP contribution < -0.4 is 14.8 Å². The number of benzene rings is 1. The Kier molecular flexibility index (Phi) is 8.26. The number of nitrogens with one attached hydrogen (secondary N) is 1. The van der Waals surface area contributed by atoms with E-state index in [4.69, 9.17) is 14.2 Å². The lowest BCUT2D eigenvalue weighted by atomic mass is 10.2. The standard InChI is InChI=1S/C19H31NO3/c1-3-4-5-6-11-20-14-16-9-10-18(19(13-16)21-2)23-15-17-8-7-12-22-17/h9-10,13,17,20H,3-8,11-12,14-15H2,1-2H3. The van der Waals surface area contributed by atoms with Crippen LogP contribution in [0.15, 0.2) is 18.2 Å². The van der Waals surface area contributed by atoms with Gasteiger partial charge in [-0.2, -0.15) is 0 Å². The third-order valence-corrected chi connectivity index (χ3v) is 4.21. The van der Waals surface area contributed by atoms with Gasteiger partial charge in [-0.1, -0.05) is 32.3 Å². The molecule has 1 aromatic carbocycles. The molecular formula is C19H31NO3. The van der Waals surface area contributed by atoms with Crippen molar-refractivity contribution in [1.29, 1.82) is 0 Å². The number of methoxy groups -OCH3 is 1. The molecule has 1 heterocycles. The Morgan fingerprint density at radius 3 is 2.87 bits per heavy atom. The smallest absolute Gasteiger partial charge is 0.161 e. The second-order valence-electron chi connectivity index (χ2n) is 6.17. The first-order chi connectivity index (χ1) is 11.3. The van der Waals surface area contributed by atoms with Gasteiger partial charge >= 0.3 is 0 Å². The van der Waals surface area contributed by atoms with Crippen molar-refractivity contribution in [3.63, 3.8) is 0 Å². The summed E-state index contributed by atoms with van der Waals surface area (Å²) in [6, 6.07) is 6.16. The molecule has 0 aliphatic carbocycles. The quantitative estimate of drug-likeness (QED) is 0.627. The van der Waals surface area contributed by atoms with E-state index in [0.29, 0.717) is 6.61 Å². The summed E-state index contributed by atoms with van der Waals surface area (Å²) < 4.78 is 16.9. The molecule has 1 atom stereocenters. The van der Waals surface area contributed by atoms with Gasteiger partial charge in [0.25, 0.3) is 0 Å². The molecule has 1 fully saturated rings. The van der Waals surface area contributed by atoms with E-state index >= 15 is 0 Å². The molecule has 1 aromatic rings. The van der Waals surface area contributed by atoms with Gasteiger partial charge in [0.15, 0.2) is 11.5 Å². The molecule has 0 aromatic heterocycles. The van der Waals surface area contributed by atoms with Crippen molar-refractivity contribution in [3.8, 4) is 11.5 Å². The van der Waals surface area contributed by atoms with E-state index in [0.717, 1.165) is 44.0 Å². The van der Waals surface area contributed by atoms with E-state index in [1.54, 1.807) is 7.11 Å². The molecule has 2 rings (SSSR count). The zero-order valence-corrected chi connectivity index (χ0v) is 14.6. The highest BCUT2D eigenvalue weighted by atomic mass is 16.5. The van der Waals surface area contributed by atoms with E-state index < -0.39 is 0 Å². The molecule has 1 aliphatic heterocycles. The second-order valence-corrected chi connectivity index (χ2v) is 6.17. The summed E-state index contributed by atoms with van der Waals surface area (Å²) in [4.78, 5) is 0. The predicted molar refractivity (Wildman–Crippen MR) is 93.3 cm³/mol. The zero-order valence-electron chi connectivity index (χ0n) is 14.6. The first kappa shape index (κ1) is 18.1. The van der Waals surface area contributed by atoms with E-state index in [9.17, 15) is 0 Å². The maximum absolute atomic E-state index is 5.87. The largest absolute Gasteiger partial charge is 0.493 e. The molecule has 23 heavy (non-hydrogen) atoms. The molecular weight excluding hydrogens is 290 g/mol. The highest BCUT2D eigenvalue weighted by Gasteiger charge is 2.17. The van der Waals surface area contributed by atoms with Gasteiger partial charge < -0.3 is 19.5 Å². The lowest BCUT2D eigenvalue weighted by Gasteiger charge is -2.15. The normalized spacial score (nSPS) is 17.4. The van der Waals surface area contributed by atoms with Gasteiger partial charge in [-0.25, -0.2) is 0 Å². The summed E-state index contributed by atoms with van der Waals surface area (Å²) in [6.45, 7) is 5.63. The van der Waals surface area contributed by atoms with Gasteiger partial charge in [-0.3, -0.25) is 0 Å². The Hall–Kier alpha value is -1.26. The first-order valence-corrected chi connectivity index (χ1v) is 8.95. The van der Waals surface area contributed by atoms with Crippen molar-refractivity contribution in [2.24, 2.45) is 0 Å². The van der Waals surface area contributed by atoms with Crippen LogP contribution in [0.5, 0.6) is 11.5 Å². The highest BCUT2D eigenvalue weighted by Crippen LogP contribution is 2.29. The van der Waals surface area contributed by atoms with Crippen molar-refractivity contribution >= 4 is 0 Å². The van der Waals surface area contributed by atoms with Crippen molar-refractivity contribution in [1.82, 2.24) is 5.32 Å². The summed E-state index contributed by atoms with van der Waals surface area (Å²) in [5.74, 6) is 1.60. The molecule has 0 amide bonds. The maximum Gasteiger partial charge on any atom is 0.161 e. The van der Waals surface area contributed by atoms with Gasteiger partial charge in [0.2, 0.25) is 0 Å². The van der Waals surface area contributed by atoms with Crippen molar-refractivity contribution < 1.29 is 14.2 Å². The van der Waals surface area contributed by atoms with Crippen LogP contribution >= 0.6 is 0 Å². The number of rotatable bonds is 11. The van der Waals surface area contributed by atoms with Gasteiger partial charge in [0.05, 0.1) is 13.2 Å². The van der Waals surface area contributed by atoms with Crippen LogP contribution in [0, 0.1) is 0 Å². The number of unbranched alkanes of at least 4 members (excludes halogenated alkanes) is 3. The number of ether oxygens (including phenoxy) is 3. The second kappa shape index (κ2) is 10.5. The Labute approximate surface area is 140 Å². The minimum Gasteiger partial charge on any atom is -0.493 e. The lowest BCUT2D eigenvalue weighted by Crippen LogP contribution is -2.17. The Bertz CT molecular complexity index is 444. The highest BCUT2D eigenvalue weighted by molar-refractivity contribution is 5.43. The summed E-state index contributed by atoms with van der Waals surface area (Å²) in [6.07, 6.45) is 7.60. The SMILES string of the molecule is CCCCCCNCc1ccc(OCC2CCCO2)c(OC)c1. The molecule has 0 spiro atoms. The monoisotopic (exact) mass is 321 g/mol. The van der Waals surface area contributed by atoms with Gasteiger partial charge in [-0.05, 0) is 43.5 Å². The van der Waals surface area contributed by atoms with Gasteiger partial charge in [-0.15, -0.1) is 0 Å². The molecule has 1 saturated heterocycles. The van der Waals surface area contributed by atoms with Crippen LogP contribution in [0.25, 0.3) is 0 Å². The minimum atomic E-state index is 0.226. The van der Waals surface area contributed by atoms with Crippen LogP contribution in [0.4, 0.5) is 0 Å². The van der Waals surface area contributed by atoms with Crippen LogP contribution in [-0.2, 0) is 11.3 Å². The number of hydrogen-bond acceptors (Lipinski definition) is 4. The van der Waals surface area contributed by atoms with Crippen LogP contribution in [0.1, 0.15) is 51.0 Å². The molecule has 0 radical (unpaired) electrons. The van der Waals surface area contributed by atoms with Gasteiger partial charge in [0, 0.05) is 13.2 Å². The molecule has 0 bridgehead atoms. The third-order valence-electron chi connectivity index (χ3n) is 4.21. The molecule has 4 heteroatoms. The average molecular weight is 321 g/mol. The summed E-state index contributed by atoms with van der Waals surface area (Å²) in [5, 5.41) is 3.49. The van der Waals surface area contributed by atoms with E-state index in [1.165, 1.54) is 31.2 Å². The summed E-state index contributed by atoms with van der Waals surface area (Å²) in [5.41, 5.74) is 1.22. The van der Waals surface area contributed by atoms with E-state index in [-0.39, 0.29) is 6.10 Å². The Balaban J connectivity index is 1.76. The Morgan fingerprint density at radius 1 is 1.22 bits per heavy atom. The van der Waals surface area contributed by atoms with Gasteiger partial charge in [0.1, 0.15) is 6.61 Å². The molecule has 1 unspecified atom stereocenters. The third kappa shape index (κ3) is 6.40. The topological polar surface area (TPSA) is 39.7 Å². The minimum absolute atomic E-state index is 0.226. The van der Waals surface area contributed by atoms with Crippen LogP contribution in [-0.4, -0.2) is 33.0 Å². The predicted octanol–water partition coefficient (Wildman–Crippen LogP) is 3.92. The zero-order chi connectivity index (χ0) is 16.3. The van der Waals surface area contributed by atoms with E-state index in [1.807, 2.05) is 6.07 Å². The summed E-state index contributed by atoms with van der Waals surface area (Å²) in [7, 11) is 1.69. The molecule has 1 N–H and O–H groups in total. The fraction of sp³-hybridized carbons (Fsp3) is 0.684. The van der Waals surface area contributed by atoms with Crippen molar-refractivity contribution in [3.05, 3.63) is 23.8 Å². The number of hydrogen-bond donors (Lipinski definition) is 1. The maximum atomic E-state index is 5.87. The average Bonchev–Trinajstić information content (AvgIpc) is 3.10. The van der Waals surface area contributed by atoms with Crippen molar-refractivity contribution in [2.75, 3.05) is 26.9 Å². The van der Waals surface area contributed by atoms with Crippen LogP contribution in [0.3, 0.4) is 0 Å². The molecule has 0 saturated carbocycles. The Morgan fingerprint density at radius 2 is 2.13 bits per heavy atom. The fourth-order valence-electron chi connectivity index (χ4n) is 2.81. The van der Waals surface area contributed by atoms with Crippen LogP contribution in [0.2, 0.25) is 0 Å². The molecule has 4 nitrogen and oxygen atoms in total. The first-order valence-electron chi connectivity index (χ1n) is 8.95.